The molecule has 1 rings (SSSR count). The molecule has 0 bridgehead atoms. The van der Waals surface area contributed by atoms with Gasteiger partial charge in [-0.1, -0.05) is 25.7 Å². The second kappa shape index (κ2) is 6.57. The fourth-order valence-corrected chi connectivity index (χ4v) is 3.05. The number of sulfonamides is 1. The highest BCUT2D eigenvalue weighted by Crippen LogP contribution is 2.28. The van der Waals surface area contributed by atoms with Gasteiger partial charge in [0.25, 0.3) is 0 Å². The van der Waals surface area contributed by atoms with Crippen LogP contribution in [0.15, 0.2) is 0 Å². The van der Waals surface area contributed by atoms with Gasteiger partial charge in [-0.15, -0.1) is 0 Å². The quantitative estimate of drug-likeness (QED) is 0.667. The fraction of sp³-hybridized carbons (Fsp3) is 1.00. The summed E-state index contributed by atoms with van der Waals surface area (Å²) in [6.45, 7) is 1.69. The van der Waals surface area contributed by atoms with E-state index in [2.05, 4.69) is 4.72 Å². The predicted molar refractivity (Wildman–Crippen MR) is 64.7 cm³/mol. The van der Waals surface area contributed by atoms with Crippen LogP contribution in [0.1, 0.15) is 45.4 Å². The molecule has 0 amide bonds. The van der Waals surface area contributed by atoms with Crippen molar-refractivity contribution in [1.82, 2.24) is 4.72 Å². The Kier molecular flexibility index (Phi) is 5.72. The summed E-state index contributed by atoms with van der Waals surface area (Å²) in [5.41, 5.74) is 0. The maximum Gasteiger partial charge on any atom is 0.216 e. The molecule has 0 saturated heterocycles. The summed E-state index contributed by atoms with van der Waals surface area (Å²) in [6, 6.07) is 0. The van der Waals surface area contributed by atoms with E-state index in [1.165, 1.54) is 32.6 Å². The maximum absolute atomic E-state index is 11.5. The molecule has 0 aromatic heterocycles. The molecule has 1 atom stereocenters. The van der Waals surface area contributed by atoms with Crippen LogP contribution < -0.4 is 4.72 Å². The van der Waals surface area contributed by atoms with Gasteiger partial charge < -0.3 is 5.11 Å². The van der Waals surface area contributed by atoms with Crippen molar-refractivity contribution in [3.63, 3.8) is 0 Å². The number of hydrogen-bond donors (Lipinski definition) is 2. The maximum atomic E-state index is 11.5. The van der Waals surface area contributed by atoms with E-state index >= 15 is 0 Å². The second-order valence-electron chi connectivity index (χ2n) is 4.73. The SMILES string of the molecule is CC(CO)S(=O)(=O)NCCCC1CCCC1. The Labute approximate surface area is 98.5 Å². The number of rotatable bonds is 7. The lowest BCUT2D eigenvalue weighted by Crippen LogP contribution is -2.35. The fourth-order valence-electron chi connectivity index (χ4n) is 2.14. The molecule has 1 aliphatic carbocycles. The molecule has 1 unspecified atom stereocenters. The topological polar surface area (TPSA) is 66.4 Å². The Morgan fingerprint density at radius 1 is 1.38 bits per heavy atom. The lowest BCUT2D eigenvalue weighted by Gasteiger charge is -2.12. The summed E-state index contributed by atoms with van der Waals surface area (Å²) in [4.78, 5) is 0. The van der Waals surface area contributed by atoms with E-state index in [0.29, 0.717) is 6.54 Å². The summed E-state index contributed by atoms with van der Waals surface area (Å²) in [5.74, 6) is 0.805. The second-order valence-corrected chi connectivity index (χ2v) is 6.91. The van der Waals surface area contributed by atoms with Gasteiger partial charge in [0.1, 0.15) is 0 Å². The molecule has 1 aliphatic rings. The molecule has 0 radical (unpaired) electrons. The van der Waals surface area contributed by atoms with E-state index < -0.39 is 15.3 Å². The average Bonchev–Trinajstić information content (AvgIpc) is 2.76. The molecule has 16 heavy (non-hydrogen) atoms. The van der Waals surface area contributed by atoms with E-state index in [1.54, 1.807) is 0 Å². The monoisotopic (exact) mass is 249 g/mol. The van der Waals surface area contributed by atoms with E-state index in [9.17, 15) is 8.42 Å². The minimum absolute atomic E-state index is 0.321. The van der Waals surface area contributed by atoms with E-state index in [1.807, 2.05) is 0 Å². The van der Waals surface area contributed by atoms with E-state index in [0.717, 1.165) is 18.8 Å². The third-order valence-electron chi connectivity index (χ3n) is 3.35. The minimum Gasteiger partial charge on any atom is -0.395 e. The van der Waals surface area contributed by atoms with Crippen molar-refractivity contribution in [3.8, 4) is 0 Å². The van der Waals surface area contributed by atoms with Crippen molar-refractivity contribution < 1.29 is 13.5 Å². The zero-order valence-electron chi connectivity index (χ0n) is 9.98. The van der Waals surface area contributed by atoms with Crippen LogP contribution in [0.3, 0.4) is 0 Å². The van der Waals surface area contributed by atoms with Crippen LogP contribution >= 0.6 is 0 Å². The number of aliphatic hydroxyl groups excluding tert-OH is 1. The van der Waals surface area contributed by atoms with Crippen molar-refractivity contribution in [3.05, 3.63) is 0 Å². The average molecular weight is 249 g/mol. The van der Waals surface area contributed by atoms with Gasteiger partial charge in [-0.05, 0) is 25.7 Å². The normalized spacial score (nSPS) is 20.1. The standard InChI is InChI=1S/C11H23NO3S/c1-10(9-13)16(14,15)12-8-4-7-11-5-2-3-6-11/h10-13H,2-9H2,1H3. The van der Waals surface area contributed by atoms with E-state index in [4.69, 9.17) is 5.11 Å². The minimum atomic E-state index is -3.31. The molecule has 0 spiro atoms. The molecule has 96 valence electrons. The Balaban J connectivity index is 2.14. The van der Waals surface area contributed by atoms with Crippen LogP contribution in [-0.2, 0) is 10.0 Å². The molecule has 0 aromatic rings. The lowest BCUT2D eigenvalue weighted by atomic mass is 10.0. The first kappa shape index (κ1) is 13.9. The Morgan fingerprint density at radius 3 is 2.56 bits per heavy atom. The van der Waals surface area contributed by atoms with Crippen LogP contribution in [0, 0.1) is 5.92 Å². The lowest BCUT2D eigenvalue weighted by molar-refractivity contribution is 0.294. The molecule has 0 aromatic carbocycles. The Bertz CT molecular complexity index is 284. The summed E-state index contributed by atoms with van der Waals surface area (Å²) < 4.78 is 25.5. The molecule has 1 saturated carbocycles. The molecule has 1 fully saturated rings. The first-order valence-corrected chi connectivity index (χ1v) is 7.70. The molecular weight excluding hydrogens is 226 g/mol. The first-order valence-electron chi connectivity index (χ1n) is 6.15. The Hall–Kier alpha value is -0.130. The van der Waals surface area contributed by atoms with Crippen LogP contribution in [-0.4, -0.2) is 31.9 Å². The molecular formula is C11H23NO3S. The number of nitrogens with one attached hydrogen (secondary N) is 1. The van der Waals surface area contributed by atoms with Gasteiger partial charge in [0.15, 0.2) is 0 Å². The smallest absolute Gasteiger partial charge is 0.216 e. The van der Waals surface area contributed by atoms with Crippen LogP contribution in [0.4, 0.5) is 0 Å². The van der Waals surface area contributed by atoms with Gasteiger partial charge in [0.05, 0.1) is 11.9 Å². The summed E-state index contributed by atoms with van der Waals surface area (Å²) in [6.07, 6.45) is 7.30. The molecule has 2 N–H and O–H groups in total. The molecule has 0 heterocycles. The van der Waals surface area contributed by atoms with Gasteiger partial charge in [-0.2, -0.15) is 0 Å². The van der Waals surface area contributed by atoms with Crippen molar-refractivity contribution in [2.24, 2.45) is 5.92 Å². The Morgan fingerprint density at radius 2 is 2.00 bits per heavy atom. The largest absolute Gasteiger partial charge is 0.395 e. The highest BCUT2D eigenvalue weighted by atomic mass is 32.2. The molecule has 0 aliphatic heterocycles. The third kappa shape index (κ3) is 4.39. The van der Waals surface area contributed by atoms with Crippen molar-refractivity contribution in [1.29, 1.82) is 0 Å². The first-order chi connectivity index (χ1) is 7.56. The van der Waals surface area contributed by atoms with Crippen molar-refractivity contribution >= 4 is 10.0 Å². The van der Waals surface area contributed by atoms with Crippen LogP contribution in [0.25, 0.3) is 0 Å². The van der Waals surface area contributed by atoms with Gasteiger partial charge in [0.2, 0.25) is 10.0 Å². The van der Waals surface area contributed by atoms with Crippen molar-refractivity contribution in [2.45, 2.75) is 50.7 Å². The number of aliphatic hydroxyl groups is 1. The van der Waals surface area contributed by atoms with E-state index in [-0.39, 0.29) is 6.61 Å². The summed E-state index contributed by atoms with van der Waals surface area (Å²) in [5, 5.41) is 8.07. The highest BCUT2D eigenvalue weighted by molar-refractivity contribution is 7.90. The van der Waals surface area contributed by atoms with Gasteiger partial charge in [0, 0.05) is 6.54 Å². The van der Waals surface area contributed by atoms with Gasteiger partial charge >= 0.3 is 0 Å². The zero-order valence-corrected chi connectivity index (χ0v) is 10.8. The number of hydrogen-bond acceptors (Lipinski definition) is 3. The predicted octanol–water partition coefficient (Wildman–Crippen LogP) is 1.26. The highest BCUT2D eigenvalue weighted by Gasteiger charge is 2.19. The molecule has 5 heteroatoms. The van der Waals surface area contributed by atoms with Gasteiger partial charge in [-0.3, -0.25) is 0 Å². The molecule has 4 nitrogen and oxygen atoms in total. The summed E-state index contributed by atoms with van der Waals surface area (Å²) in [7, 11) is -3.31. The third-order valence-corrected chi connectivity index (χ3v) is 5.17. The summed E-state index contributed by atoms with van der Waals surface area (Å²) >= 11 is 0. The van der Waals surface area contributed by atoms with Crippen LogP contribution in [0.5, 0.6) is 0 Å². The van der Waals surface area contributed by atoms with Gasteiger partial charge in [-0.25, -0.2) is 13.1 Å². The van der Waals surface area contributed by atoms with Crippen LogP contribution in [0.2, 0.25) is 0 Å². The zero-order chi connectivity index (χ0) is 12.0. The van der Waals surface area contributed by atoms with Crippen molar-refractivity contribution in [2.75, 3.05) is 13.2 Å².